The third kappa shape index (κ3) is 6.25. The van der Waals surface area contributed by atoms with Crippen LogP contribution in [0.5, 0.6) is 0 Å². The number of aromatic nitrogens is 3. The maximum Gasteiger partial charge on any atom is 3.00 e. The molecule has 4 rings (SSSR count). The number of Topliss-reactive ketones (excluding diaryl/α,β-unsaturated/α-hetero) is 1. The van der Waals surface area contributed by atoms with Gasteiger partial charge in [-0.2, -0.15) is 4.68 Å². The molecule has 0 atom stereocenters. The second-order valence-electron chi connectivity index (χ2n) is 5.80. The van der Waals surface area contributed by atoms with Crippen LogP contribution in [0.25, 0.3) is 11.0 Å². The standard InChI is InChI=1S/C16H14N3O2.C5H5.Fe/c20-15(12-6-1-2-7-12)10-5-11-16(21)19-14-9-4-3-8-13(14)17-18-19;1-2-4-5-3-1;/h1-4,6-9H,5,10-11H2;1-5H;/q;;+3. The molecule has 0 N–H and O–H groups in total. The molecule has 0 bridgehead atoms. The molecule has 0 unspecified atom stereocenters. The van der Waals surface area contributed by atoms with Crippen LogP contribution in [0.4, 0.5) is 0 Å². The molecule has 135 valence electrons. The molecule has 6 heteroatoms. The van der Waals surface area contributed by atoms with E-state index in [9.17, 15) is 9.59 Å². The fraction of sp³-hybridized carbons (Fsp3) is 0.143. The van der Waals surface area contributed by atoms with E-state index in [1.54, 1.807) is 12.8 Å². The van der Waals surface area contributed by atoms with Gasteiger partial charge < -0.3 is 0 Å². The first-order valence-electron chi connectivity index (χ1n) is 8.51. The molecule has 2 aliphatic carbocycles. The Hall–Kier alpha value is -1.52. The molecule has 0 spiro atoms. The molecule has 11 radical (unpaired) electrons. The van der Waals surface area contributed by atoms with Crippen molar-refractivity contribution in [2.75, 3.05) is 0 Å². The Morgan fingerprint density at radius 1 is 0.852 bits per heavy atom. The summed E-state index contributed by atoms with van der Waals surface area (Å²) in [6, 6.07) is 7.31. The van der Waals surface area contributed by atoms with Gasteiger partial charge in [0.05, 0.1) is 5.52 Å². The molecular formula is C21H19FeN3O2+3. The van der Waals surface area contributed by atoms with E-state index in [2.05, 4.69) is 10.3 Å². The number of nitrogens with zero attached hydrogens (tertiary/aromatic N) is 3. The number of fused-ring (bicyclic) bond motifs is 1. The van der Waals surface area contributed by atoms with Gasteiger partial charge in [0.15, 0.2) is 0 Å². The van der Waals surface area contributed by atoms with Crippen molar-refractivity contribution < 1.29 is 26.7 Å². The molecule has 5 nitrogen and oxygen atoms in total. The molecule has 1 aromatic heterocycles. The third-order valence-electron chi connectivity index (χ3n) is 3.92. The van der Waals surface area contributed by atoms with Crippen LogP contribution in [-0.2, 0) is 21.9 Å². The normalized spacial score (nSPS) is 16.6. The second kappa shape index (κ2) is 11.4. The van der Waals surface area contributed by atoms with Gasteiger partial charge in [0.1, 0.15) is 11.3 Å². The van der Waals surface area contributed by atoms with Crippen LogP contribution >= 0.6 is 0 Å². The van der Waals surface area contributed by atoms with Crippen LogP contribution in [0.15, 0.2) is 24.3 Å². The van der Waals surface area contributed by atoms with Crippen LogP contribution in [0.3, 0.4) is 0 Å². The molecule has 1 aromatic carbocycles. The van der Waals surface area contributed by atoms with E-state index >= 15 is 0 Å². The van der Waals surface area contributed by atoms with Gasteiger partial charge in [-0.1, -0.05) is 17.3 Å². The molecule has 0 aliphatic heterocycles. The number of ketones is 1. The van der Waals surface area contributed by atoms with Gasteiger partial charge in [0.2, 0.25) is 5.91 Å². The molecule has 2 aromatic rings. The van der Waals surface area contributed by atoms with E-state index in [4.69, 9.17) is 0 Å². The number of hydrogen-bond donors (Lipinski definition) is 0. The fourth-order valence-electron chi connectivity index (χ4n) is 2.58. The van der Waals surface area contributed by atoms with E-state index in [0.29, 0.717) is 29.8 Å². The van der Waals surface area contributed by atoms with Crippen molar-refractivity contribution in [3.8, 4) is 0 Å². The Morgan fingerprint density at radius 3 is 2.15 bits per heavy atom. The average molecular weight is 401 g/mol. The maximum absolute atomic E-state index is 12.1. The predicted molar refractivity (Wildman–Crippen MR) is 99.0 cm³/mol. The molecule has 2 saturated carbocycles. The quantitative estimate of drug-likeness (QED) is 0.722. The van der Waals surface area contributed by atoms with Gasteiger partial charge >= 0.3 is 17.1 Å². The van der Waals surface area contributed by atoms with Crippen molar-refractivity contribution in [2.24, 2.45) is 0 Å². The Kier molecular flexibility index (Phi) is 9.16. The zero-order chi connectivity index (χ0) is 18.2. The van der Waals surface area contributed by atoms with Crippen LogP contribution in [-0.4, -0.2) is 26.7 Å². The van der Waals surface area contributed by atoms with Crippen molar-refractivity contribution in [1.29, 1.82) is 0 Å². The number of benzene rings is 1. The van der Waals surface area contributed by atoms with Crippen LogP contribution in [0.2, 0.25) is 0 Å². The number of hydrogen-bond acceptors (Lipinski definition) is 4. The summed E-state index contributed by atoms with van der Waals surface area (Å²) < 4.78 is 1.31. The smallest absolute Gasteiger partial charge is 0.299 e. The largest absolute Gasteiger partial charge is 3.00 e. The minimum atomic E-state index is -0.140. The molecular weight excluding hydrogens is 382 g/mol. The summed E-state index contributed by atoms with van der Waals surface area (Å²) in [6.45, 7) is 0. The molecule has 1 heterocycles. The maximum atomic E-state index is 12.1. The molecule has 0 amide bonds. The number of carbonyl (C=O) groups is 2. The number of rotatable bonds is 5. The van der Waals surface area contributed by atoms with Crippen molar-refractivity contribution in [3.05, 3.63) is 88.0 Å². The van der Waals surface area contributed by atoms with Crippen LogP contribution < -0.4 is 0 Å². The van der Waals surface area contributed by atoms with Crippen LogP contribution in [0, 0.1) is 63.7 Å². The summed E-state index contributed by atoms with van der Waals surface area (Å²) in [5, 5.41) is 7.82. The summed E-state index contributed by atoms with van der Waals surface area (Å²) >= 11 is 0. The average Bonchev–Trinajstić information content (AvgIpc) is 3.45. The first-order valence-corrected chi connectivity index (χ1v) is 8.51. The second-order valence-corrected chi connectivity index (χ2v) is 5.80. The van der Waals surface area contributed by atoms with E-state index in [1.807, 2.05) is 69.2 Å². The Balaban J connectivity index is 0.000000379. The van der Waals surface area contributed by atoms with E-state index in [-0.39, 0.29) is 35.2 Å². The molecule has 0 saturated heterocycles. The van der Waals surface area contributed by atoms with Crippen LogP contribution in [0.1, 0.15) is 24.1 Å². The zero-order valence-corrected chi connectivity index (χ0v) is 15.7. The molecule has 27 heavy (non-hydrogen) atoms. The van der Waals surface area contributed by atoms with Gasteiger partial charge in [-0.3, -0.25) is 9.59 Å². The Morgan fingerprint density at radius 2 is 1.48 bits per heavy atom. The topological polar surface area (TPSA) is 64.8 Å². The van der Waals surface area contributed by atoms with Crippen molar-refractivity contribution in [3.63, 3.8) is 0 Å². The van der Waals surface area contributed by atoms with Gasteiger partial charge in [0.25, 0.3) is 0 Å². The van der Waals surface area contributed by atoms with E-state index in [0.717, 1.165) is 0 Å². The number of para-hydroxylation sites is 1. The summed E-state index contributed by atoms with van der Waals surface area (Å²) in [7, 11) is 0. The Bertz CT molecular complexity index is 726. The van der Waals surface area contributed by atoms with E-state index in [1.165, 1.54) is 4.68 Å². The first kappa shape index (κ1) is 21.8. The van der Waals surface area contributed by atoms with Gasteiger partial charge in [-0.25, -0.2) is 0 Å². The van der Waals surface area contributed by atoms with E-state index < -0.39 is 0 Å². The van der Waals surface area contributed by atoms with Crippen molar-refractivity contribution >= 4 is 22.7 Å². The first-order chi connectivity index (χ1) is 12.8. The summed E-state index contributed by atoms with van der Waals surface area (Å²) in [5.74, 6) is 0.629. The summed E-state index contributed by atoms with van der Waals surface area (Å²) in [4.78, 5) is 24.0. The minimum absolute atomic E-state index is 0. The van der Waals surface area contributed by atoms with Gasteiger partial charge in [0, 0.05) is 18.8 Å². The summed E-state index contributed by atoms with van der Waals surface area (Å²) in [5.41, 5.74) is 1.39. The van der Waals surface area contributed by atoms with Gasteiger partial charge in [-0.15, -0.1) is 5.10 Å². The van der Waals surface area contributed by atoms with Crippen molar-refractivity contribution in [1.82, 2.24) is 15.0 Å². The van der Waals surface area contributed by atoms with Crippen molar-refractivity contribution in [2.45, 2.75) is 19.3 Å². The monoisotopic (exact) mass is 401 g/mol. The molecule has 2 fully saturated rings. The Labute approximate surface area is 171 Å². The SMILES string of the molecule is O=C(CCCC(=O)n1nnc2ccccc21)[C]1[CH][CH][CH][CH]1.[CH]1[CH][CH][CH][CH]1.[Fe+3]. The fourth-order valence-corrected chi connectivity index (χ4v) is 2.58. The predicted octanol–water partition coefficient (Wildman–Crippen LogP) is 3.24. The third-order valence-corrected chi connectivity index (χ3v) is 3.92. The minimum Gasteiger partial charge on any atom is -0.299 e. The summed E-state index contributed by atoms with van der Waals surface area (Å²) in [6.07, 6.45) is 18.4. The van der Waals surface area contributed by atoms with Gasteiger partial charge in [-0.05, 0) is 76.3 Å². The zero-order valence-electron chi connectivity index (χ0n) is 14.6. The molecule has 2 aliphatic rings. The number of carbonyl (C=O) groups excluding carboxylic acids is 2.